The second-order valence-corrected chi connectivity index (χ2v) is 14.4. The minimum absolute atomic E-state index is 0.878. The van der Waals surface area contributed by atoms with Crippen molar-refractivity contribution in [2.75, 3.05) is 4.90 Å². The number of aromatic nitrogens is 1. The molecule has 0 bridgehead atoms. The van der Waals surface area contributed by atoms with Crippen molar-refractivity contribution in [3.8, 4) is 16.8 Å². The predicted octanol–water partition coefficient (Wildman–Crippen LogP) is 14.2. The smallest absolute Gasteiger partial charge is 0.137 e. The quantitative estimate of drug-likeness (QED) is 0.180. The molecule has 3 aromatic heterocycles. The Morgan fingerprint density at radius 2 is 1.06 bits per heavy atom. The van der Waals surface area contributed by atoms with Crippen molar-refractivity contribution in [3.05, 3.63) is 182 Å². The molecule has 11 aromatic rings. The second-order valence-electron chi connectivity index (χ2n) is 13.3. The zero-order valence-electron chi connectivity index (χ0n) is 28.0. The molecular formula is C48H30N2OS. The molecule has 0 saturated carbocycles. The molecule has 0 aliphatic rings. The number of nitrogens with zero attached hydrogens (tertiary/aromatic N) is 2. The van der Waals surface area contributed by atoms with Crippen LogP contribution in [0.3, 0.4) is 0 Å². The lowest BCUT2D eigenvalue weighted by Crippen LogP contribution is -2.10. The standard InChI is InChI=1S/C48H30N2OS/c1-6-17-40(50-41-18-7-2-13-35(41)36-14-3-8-19-42(36)50)34(12-1)31-24-26-32(27-25-31)49(33-28-29-38-37-15-4-9-21-44(37)51-45(38)30-33)43-20-11-23-47-48(43)39-16-5-10-22-46(39)52-47/h1-30H. The summed E-state index contributed by atoms with van der Waals surface area (Å²) in [5.41, 5.74) is 11.0. The number of anilines is 3. The zero-order chi connectivity index (χ0) is 34.2. The van der Waals surface area contributed by atoms with Crippen molar-refractivity contribution in [3.63, 3.8) is 0 Å². The average molecular weight is 683 g/mol. The minimum atomic E-state index is 0.878. The maximum Gasteiger partial charge on any atom is 0.137 e. The molecule has 0 fully saturated rings. The first-order valence-corrected chi connectivity index (χ1v) is 18.4. The van der Waals surface area contributed by atoms with Crippen LogP contribution in [0.2, 0.25) is 0 Å². The largest absolute Gasteiger partial charge is 0.456 e. The molecule has 0 amide bonds. The summed E-state index contributed by atoms with van der Waals surface area (Å²) in [4.78, 5) is 2.39. The first-order chi connectivity index (χ1) is 25.8. The third-order valence-corrected chi connectivity index (χ3v) is 11.5. The van der Waals surface area contributed by atoms with E-state index in [-0.39, 0.29) is 0 Å². The third-order valence-electron chi connectivity index (χ3n) is 10.4. The Kier molecular flexibility index (Phi) is 6.42. The number of fused-ring (bicyclic) bond motifs is 9. The molecule has 4 heteroatoms. The van der Waals surface area contributed by atoms with Gasteiger partial charge in [0.05, 0.1) is 22.4 Å². The SMILES string of the molecule is c1ccc(-n2c3ccccc3c3ccccc32)c(-c2ccc(N(c3ccc4c(c3)oc3ccccc34)c3cccc4sc5ccccc5c34)cc2)c1. The summed E-state index contributed by atoms with van der Waals surface area (Å²) in [6.45, 7) is 0. The molecule has 244 valence electrons. The summed E-state index contributed by atoms with van der Waals surface area (Å²) < 4.78 is 11.4. The van der Waals surface area contributed by atoms with Gasteiger partial charge in [0.2, 0.25) is 0 Å². The van der Waals surface area contributed by atoms with E-state index in [9.17, 15) is 0 Å². The summed E-state index contributed by atoms with van der Waals surface area (Å²) in [6, 6.07) is 65.5. The maximum atomic E-state index is 6.42. The summed E-state index contributed by atoms with van der Waals surface area (Å²) in [5.74, 6) is 0. The topological polar surface area (TPSA) is 21.3 Å². The van der Waals surface area contributed by atoms with Crippen LogP contribution in [0.25, 0.3) is 80.7 Å². The van der Waals surface area contributed by atoms with Gasteiger partial charge in [-0.3, -0.25) is 0 Å². The van der Waals surface area contributed by atoms with E-state index in [2.05, 4.69) is 179 Å². The van der Waals surface area contributed by atoms with Crippen molar-refractivity contribution in [1.29, 1.82) is 0 Å². The lowest BCUT2D eigenvalue weighted by atomic mass is 10.0. The molecule has 3 heterocycles. The molecule has 0 aliphatic heterocycles. The van der Waals surface area contributed by atoms with Crippen LogP contribution < -0.4 is 4.90 Å². The highest BCUT2D eigenvalue weighted by molar-refractivity contribution is 7.26. The van der Waals surface area contributed by atoms with Crippen LogP contribution >= 0.6 is 11.3 Å². The van der Waals surface area contributed by atoms with Crippen molar-refractivity contribution < 1.29 is 4.42 Å². The minimum Gasteiger partial charge on any atom is -0.456 e. The van der Waals surface area contributed by atoms with E-state index in [1.165, 1.54) is 47.5 Å². The number of benzene rings is 8. The van der Waals surface area contributed by atoms with Crippen LogP contribution in [0.5, 0.6) is 0 Å². The van der Waals surface area contributed by atoms with E-state index < -0.39 is 0 Å². The third kappa shape index (κ3) is 4.38. The van der Waals surface area contributed by atoms with Crippen LogP contribution in [0.4, 0.5) is 17.1 Å². The van der Waals surface area contributed by atoms with Gasteiger partial charge in [0, 0.05) is 64.7 Å². The lowest BCUT2D eigenvalue weighted by molar-refractivity contribution is 0.669. The Bertz CT molecular complexity index is 3090. The number of hydrogen-bond acceptors (Lipinski definition) is 3. The van der Waals surface area contributed by atoms with E-state index >= 15 is 0 Å². The number of hydrogen-bond donors (Lipinski definition) is 0. The fourth-order valence-electron chi connectivity index (χ4n) is 8.11. The van der Waals surface area contributed by atoms with Crippen LogP contribution in [-0.2, 0) is 0 Å². The zero-order valence-corrected chi connectivity index (χ0v) is 28.8. The van der Waals surface area contributed by atoms with Crippen molar-refractivity contribution >= 4 is 92.3 Å². The molecule has 0 unspecified atom stereocenters. The Hall–Kier alpha value is -6.62. The predicted molar refractivity (Wildman–Crippen MR) is 221 cm³/mol. The summed E-state index contributed by atoms with van der Waals surface area (Å²) in [6.07, 6.45) is 0. The van der Waals surface area contributed by atoms with Gasteiger partial charge in [0.15, 0.2) is 0 Å². The molecule has 52 heavy (non-hydrogen) atoms. The summed E-state index contributed by atoms with van der Waals surface area (Å²) in [5, 5.41) is 7.30. The Morgan fingerprint density at radius 3 is 1.87 bits per heavy atom. The second kappa shape index (κ2) is 11.5. The molecule has 8 aromatic carbocycles. The molecule has 0 atom stereocenters. The van der Waals surface area contributed by atoms with E-state index in [0.717, 1.165) is 50.3 Å². The van der Waals surface area contributed by atoms with Gasteiger partial charge in [-0.15, -0.1) is 11.3 Å². The molecule has 11 rings (SSSR count). The average Bonchev–Trinajstić information content (AvgIpc) is 3.88. The van der Waals surface area contributed by atoms with Crippen molar-refractivity contribution in [2.45, 2.75) is 0 Å². The Balaban J connectivity index is 1.10. The molecule has 3 nitrogen and oxygen atoms in total. The summed E-state index contributed by atoms with van der Waals surface area (Å²) >= 11 is 1.84. The lowest BCUT2D eigenvalue weighted by Gasteiger charge is -2.27. The van der Waals surface area contributed by atoms with Gasteiger partial charge < -0.3 is 13.9 Å². The summed E-state index contributed by atoms with van der Waals surface area (Å²) in [7, 11) is 0. The van der Waals surface area contributed by atoms with Gasteiger partial charge in [-0.25, -0.2) is 0 Å². The van der Waals surface area contributed by atoms with Crippen LogP contribution in [0.15, 0.2) is 186 Å². The van der Waals surface area contributed by atoms with Gasteiger partial charge >= 0.3 is 0 Å². The van der Waals surface area contributed by atoms with Crippen LogP contribution in [0.1, 0.15) is 0 Å². The molecule has 0 saturated heterocycles. The van der Waals surface area contributed by atoms with E-state index in [1.807, 2.05) is 23.5 Å². The Morgan fingerprint density at radius 1 is 0.442 bits per heavy atom. The number of rotatable bonds is 5. The fraction of sp³-hybridized carbons (Fsp3) is 0. The normalized spacial score (nSPS) is 11.8. The molecule has 0 spiro atoms. The first kappa shape index (κ1) is 29.1. The molecule has 0 N–H and O–H groups in total. The first-order valence-electron chi connectivity index (χ1n) is 17.6. The van der Waals surface area contributed by atoms with E-state index in [4.69, 9.17) is 4.42 Å². The number of thiophene rings is 1. The monoisotopic (exact) mass is 682 g/mol. The molecule has 0 aliphatic carbocycles. The van der Waals surface area contributed by atoms with E-state index in [1.54, 1.807) is 0 Å². The molecular weight excluding hydrogens is 653 g/mol. The molecule has 0 radical (unpaired) electrons. The van der Waals surface area contributed by atoms with E-state index in [0.29, 0.717) is 0 Å². The van der Waals surface area contributed by atoms with Gasteiger partial charge in [-0.1, -0.05) is 109 Å². The fourth-order valence-corrected chi connectivity index (χ4v) is 9.23. The van der Waals surface area contributed by atoms with Gasteiger partial charge in [0.1, 0.15) is 11.2 Å². The highest BCUT2D eigenvalue weighted by atomic mass is 32.1. The Labute approximate surface area is 303 Å². The maximum absolute atomic E-state index is 6.42. The van der Waals surface area contributed by atoms with Crippen molar-refractivity contribution in [1.82, 2.24) is 4.57 Å². The number of para-hydroxylation sites is 4. The van der Waals surface area contributed by atoms with Crippen molar-refractivity contribution in [2.24, 2.45) is 0 Å². The highest BCUT2D eigenvalue weighted by Gasteiger charge is 2.21. The van der Waals surface area contributed by atoms with Gasteiger partial charge in [0.25, 0.3) is 0 Å². The van der Waals surface area contributed by atoms with Gasteiger partial charge in [-0.2, -0.15) is 0 Å². The highest BCUT2D eigenvalue weighted by Crippen LogP contribution is 2.46. The van der Waals surface area contributed by atoms with Crippen LogP contribution in [-0.4, -0.2) is 4.57 Å². The number of furan rings is 1. The van der Waals surface area contributed by atoms with Crippen LogP contribution in [0, 0.1) is 0 Å². The van der Waals surface area contributed by atoms with Gasteiger partial charge in [-0.05, 0) is 72.3 Å².